The smallest absolute Gasteiger partial charge is 0.128 e. The summed E-state index contributed by atoms with van der Waals surface area (Å²) >= 11 is 0. The first-order valence-corrected chi connectivity index (χ1v) is 8.69. The van der Waals surface area contributed by atoms with Crippen molar-refractivity contribution in [2.45, 2.75) is 12.8 Å². The normalized spacial score (nSPS) is 19.0. The number of nitrogens with one attached hydrogen (secondary N) is 2. The van der Waals surface area contributed by atoms with Gasteiger partial charge in [-0.15, -0.1) is 0 Å². The van der Waals surface area contributed by atoms with Crippen molar-refractivity contribution in [1.82, 2.24) is 9.97 Å². The summed E-state index contributed by atoms with van der Waals surface area (Å²) in [6.45, 7) is 3.57. The van der Waals surface area contributed by atoms with Crippen molar-refractivity contribution in [3.8, 4) is 0 Å². The molecule has 4 heterocycles. The third kappa shape index (κ3) is 3.47. The molecule has 25 heavy (non-hydrogen) atoms. The molecule has 2 aromatic rings. The molecule has 6 nitrogen and oxygen atoms in total. The summed E-state index contributed by atoms with van der Waals surface area (Å²) < 4.78 is 0. The van der Waals surface area contributed by atoms with Crippen LogP contribution < -0.4 is 15.1 Å². The van der Waals surface area contributed by atoms with Crippen molar-refractivity contribution in [3.05, 3.63) is 54.6 Å². The van der Waals surface area contributed by atoms with Crippen LogP contribution in [-0.2, 0) is 0 Å². The van der Waals surface area contributed by atoms with Gasteiger partial charge in [-0.05, 0) is 37.1 Å². The van der Waals surface area contributed by atoms with E-state index >= 15 is 0 Å². The van der Waals surface area contributed by atoms with Gasteiger partial charge in [0.05, 0.1) is 24.1 Å². The summed E-state index contributed by atoms with van der Waals surface area (Å²) in [4.78, 5) is 13.1. The molecule has 0 atom stereocenters. The molecule has 0 radical (unpaired) electrons. The number of hydrogen-bond acceptors (Lipinski definition) is 6. The maximum atomic E-state index is 8.21. The predicted octanol–water partition coefficient (Wildman–Crippen LogP) is 2.91. The van der Waals surface area contributed by atoms with Crippen LogP contribution in [-0.4, -0.2) is 41.9 Å². The maximum Gasteiger partial charge on any atom is 0.128 e. The first kappa shape index (κ1) is 15.6. The lowest BCUT2D eigenvalue weighted by Crippen LogP contribution is -2.19. The first-order chi connectivity index (χ1) is 12.3. The number of hydrogen-bond donors (Lipinski definition) is 2. The highest BCUT2D eigenvalue weighted by molar-refractivity contribution is 6.05. The molecule has 0 bridgehead atoms. The minimum atomic E-state index is 0.629. The SMILES string of the molecule is N=C1CN(c2ccncc2)C/C1=C/Nc1ccc(N2CCCC2)nc1. The van der Waals surface area contributed by atoms with Gasteiger partial charge < -0.3 is 20.5 Å². The molecule has 6 heteroatoms. The monoisotopic (exact) mass is 334 g/mol. The fraction of sp³-hybridized carbons (Fsp3) is 0.316. The molecule has 0 unspecified atom stereocenters. The first-order valence-electron chi connectivity index (χ1n) is 8.69. The summed E-state index contributed by atoms with van der Waals surface area (Å²) in [5.74, 6) is 1.05. The van der Waals surface area contributed by atoms with Gasteiger partial charge in [-0.1, -0.05) is 0 Å². The molecule has 0 aliphatic carbocycles. The molecule has 0 amide bonds. The molecule has 2 aromatic heterocycles. The summed E-state index contributed by atoms with van der Waals surface area (Å²) in [7, 11) is 0. The predicted molar refractivity (Wildman–Crippen MR) is 102 cm³/mol. The second kappa shape index (κ2) is 6.93. The molecule has 2 aliphatic heterocycles. The van der Waals surface area contributed by atoms with E-state index in [1.165, 1.54) is 12.8 Å². The highest BCUT2D eigenvalue weighted by atomic mass is 15.2. The molecule has 0 saturated carbocycles. The van der Waals surface area contributed by atoms with E-state index in [1.54, 1.807) is 12.4 Å². The Bertz CT molecular complexity index is 762. The highest BCUT2D eigenvalue weighted by Gasteiger charge is 2.22. The summed E-state index contributed by atoms with van der Waals surface area (Å²) in [5, 5.41) is 11.5. The van der Waals surface area contributed by atoms with Crippen LogP contribution in [0.5, 0.6) is 0 Å². The van der Waals surface area contributed by atoms with Crippen LogP contribution in [0, 0.1) is 5.41 Å². The van der Waals surface area contributed by atoms with E-state index in [0.717, 1.165) is 42.4 Å². The van der Waals surface area contributed by atoms with Crippen LogP contribution in [0.25, 0.3) is 0 Å². The Morgan fingerprint density at radius 2 is 1.80 bits per heavy atom. The molecule has 4 rings (SSSR count). The van der Waals surface area contributed by atoms with Gasteiger partial charge in [0.1, 0.15) is 5.82 Å². The average molecular weight is 334 g/mol. The number of aromatic nitrogens is 2. The van der Waals surface area contributed by atoms with Gasteiger partial charge >= 0.3 is 0 Å². The second-order valence-corrected chi connectivity index (χ2v) is 6.45. The summed E-state index contributed by atoms with van der Waals surface area (Å²) in [6, 6.07) is 8.07. The van der Waals surface area contributed by atoms with Crippen LogP contribution in [0.4, 0.5) is 17.2 Å². The van der Waals surface area contributed by atoms with Crippen molar-refractivity contribution in [3.63, 3.8) is 0 Å². The van der Waals surface area contributed by atoms with E-state index in [-0.39, 0.29) is 0 Å². The van der Waals surface area contributed by atoms with E-state index < -0.39 is 0 Å². The molecule has 128 valence electrons. The quantitative estimate of drug-likeness (QED) is 0.900. The zero-order valence-electron chi connectivity index (χ0n) is 14.2. The zero-order valence-corrected chi connectivity index (χ0v) is 14.2. The second-order valence-electron chi connectivity index (χ2n) is 6.45. The van der Waals surface area contributed by atoms with Crippen molar-refractivity contribution < 1.29 is 0 Å². The van der Waals surface area contributed by atoms with Gasteiger partial charge in [-0.2, -0.15) is 0 Å². The Labute approximate surface area is 147 Å². The molecule has 0 spiro atoms. The zero-order chi connectivity index (χ0) is 17.1. The van der Waals surface area contributed by atoms with Crippen LogP contribution in [0.2, 0.25) is 0 Å². The van der Waals surface area contributed by atoms with Gasteiger partial charge in [0.15, 0.2) is 0 Å². The standard InChI is InChI=1S/C19H22N6/c20-18-14-25(17-5-7-21-8-6-17)13-15(18)11-22-16-3-4-19(23-12-16)24-9-1-2-10-24/h3-8,11-12,20,22H,1-2,9-10,13-14H2/b15-11-,20-18?. The number of rotatable bonds is 4. The van der Waals surface area contributed by atoms with E-state index in [4.69, 9.17) is 5.41 Å². The lowest BCUT2D eigenvalue weighted by molar-refractivity contribution is 0.938. The average Bonchev–Trinajstić information content (AvgIpc) is 3.31. The summed E-state index contributed by atoms with van der Waals surface area (Å²) in [5.41, 5.74) is 3.69. The molecular formula is C19H22N6. The van der Waals surface area contributed by atoms with Crippen LogP contribution in [0.15, 0.2) is 54.6 Å². The van der Waals surface area contributed by atoms with E-state index in [0.29, 0.717) is 12.3 Å². The Balaban J connectivity index is 1.40. The molecule has 2 saturated heterocycles. The Hall–Kier alpha value is -2.89. The van der Waals surface area contributed by atoms with Crippen LogP contribution >= 0.6 is 0 Å². The third-order valence-corrected chi connectivity index (χ3v) is 4.72. The van der Waals surface area contributed by atoms with Gasteiger partial charge in [-0.25, -0.2) is 4.98 Å². The van der Waals surface area contributed by atoms with Gasteiger partial charge in [-0.3, -0.25) is 4.98 Å². The van der Waals surface area contributed by atoms with E-state index in [9.17, 15) is 0 Å². The molecule has 2 N–H and O–H groups in total. The maximum absolute atomic E-state index is 8.21. The molecule has 2 aliphatic rings. The van der Waals surface area contributed by atoms with Crippen molar-refractivity contribution in [1.29, 1.82) is 5.41 Å². The number of anilines is 3. The molecule has 2 fully saturated rings. The lowest BCUT2D eigenvalue weighted by Gasteiger charge is -2.16. The van der Waals surface area contributed by atoms with Crippen molar-refractivity contribution in [2.24, 2.45) is 0 Å². The Morgan fingerprint density at radius 1 is 1.00 bits per heavy atom. The summed E-state index contributed by atoms with van der Waals surface area (Å²) in [6.07, 6.45) is 9.87. The van der Waals surface area contributed by atoms with Gasteiger partial charge in [0, 0.05) is 49.5 Å². The number of nitrogens with zero attached hydrogens (tertiary/aromatic N) is 4. The third-order valence-electron chi connectivity index (χ3n) is 4.72. The van der Waals surface area contributed by atoms with Gasteiger partial charge in [0.2, 0.25) is 0 Å². The largest absolute Gasteiger partial charge is 0.361 e. The number of pyridine rings is 2. The molecule has 0 aromatic carbocycles. The van der Waals surface area contributed by atoms with E-state index in [1.807, 2.05) is 24.5 Å². The van der Waals surface area contributed by atoms with Crippen LogP contribution in [0.3, 0.4) is 0 Å². The van der Waals surface area contributed by atoms with Gasteiger partial charge in [0.25, 0.3) is 0 Å². The minimum Gasteiger partial charge on any atom is -0.361 e. The topological polar surface area (TPSA) is 68.1 Å². The Morgan fingerprint density at radius 3 is 2.52 bits per heavy atom. The molecular weight excluding hydrogens is 312 g/mol. The fourth-order valence-electron chi connectivity index (χ4n) is 3.29. The minimum absolute atomic E-state index is 0.629. The Kier molecular flexibility index (Phi) is 4.33. The fourth-order valence-corrected chi connectivity index (χ4v) is 3.29. The van der Waals surface area contributed by atoms with E-state index in [2.05, 4.69) is 37.2 Å². The highest BCUT2D eigenvalue weighted by Crippen LogP contribution is 2.22. The lowest BCUT2D eigenvalue weighted by atomic mass is 10.2. The van der Waals surface area contributed by atoms with Crippen LogP contribution in [0.1, 0.15) is 12.8 Å². The van der Waals surface area contributed by atoms with Crippen molar-refractivity contribution >= 4 is 22.9 Å². The van der Waals surface area contributed by atoms with Crippen molar-refractivity contribution in [2.75, 3.05) is 41.3 Å².